The van der Waals surface area contributed by atoms with Gasteiger partial charge in [-0.1, -0.05) is 0 Å². The molecule has 1 aromatic carbocycles. The van der Waals surface area contributed by atoms with Crippen LogP contribution in [0.15, 0.2) is 29.2 Å². The molecule has 2 aliphatic rings. The van der Waals surface area contributed by atoms with Crippen LogP contribution in [-0.2, 0) is 19.3 Å². The number of ether oxygens (including phenoxy) is 2. The second-order valence-electron chi connectivity index (χ2n) is 9.03. The number of likely N-dealkylation sites (tertiary alicyclic amines) is 1. The molecule has 0 saturated carbocycles. The monoisotopic (exact) mass is 438 g/mol. The number of hydrogen-bond donors (Lipinski definition) is 0. The van der Waals surface area contributed by atoms with E-state index in [1.54, 1.807) is 17.0 Å². The smallest absolute Gasteiger partial charge is 0.414 e. The summed E-state index contributed by atoms with van der Waals surface area (Å²) in [5, 5.41) is 0. The van der Waals surface area contributed by atoms with Gasteiger partial charge in [-0.05, 0) is 70.2 Å². The molecule has 166 valence electrons. The fourth-order valence-electron chi connectivity index (χ4n) is 3.78. The Morgan fingerprint density at radius 2 is 1.77 bits per heavy atom. The highest BCUT2D eigenvalue weighted by atomic mass is 32.2. The molecule has 9 heteroatoms. The number of cyclic esters (lactones) is 1. The van der Waals surface area contributed by atoms with Crippen molar-refractivity contribution in [3.05, 3.63) is 24.3 Å². The molecule has 0 radical (unpaired) electrons. The molecule has 0 N–H and O–H groups in total. The number of hydrogen-bond acceptors (Lipinski definition) is 6. The summed E-state index contributed by atoms with van der Waals surface area (Å²) >= 11 is 0. The minimum atomic E-state index is -3.28. The van der Waals surface area contributed by atoms with Crippen LogP contribution in [0, 0.1) is 5.92 Å². The summed E-state index contributed by atoms with van der Waals surface area (Å²) in [6.07, 6.45) is 2.66. The van der Waals surface area contributed by atoms with Gasteiger partial charge in [0.25, 0.3) is 0 Å². The number of anilines is 1. The van der Waals surface area contributed by atoms with Crippen molar-refractivity contribution in [3.63, 3.8) is 0 Å². The van der Waals surface area contributed by atoms with E-state index < -0.39 is 21.5 Å². The molecule has 3 rings (SSSR count). The van der Waals surface area contributed by atoms with Crippen LogP contribution in [0.3, 0.4) is 0 Å². The topological polar surface area (TPSA) is 93.2 Å². The van der Waals surface area contributed by atoms with Crippen LogP contribution in [0.4, 0.5) is 15.3 Å². The maximum absolute atomic E-state index is 12.3. The maximum atomic E-state index is 12.3. The van der Waals surface area contributed by atoms with Gasteiger partial charge in [0.15, 0.2) is 9.84 Å². The van der Waals surface area contributed by atoms with E-state index in [-0.39, 0.29) is 17.1 Å². The molecular weight excluding hydrogens is 408 g/mol. The van der Waals surface area contributed by atoms with Gasteiger partial charge in [0.05, 0.1) is 11.4 Å². The van der Waals surface area contributed by atoms with E-state index in [1.807, 2.05) is 20.8 Å². The molecule has 1 aromatic rings. The molecule has 1 unspecified atom stereocenters. The Morgan fingerprint density at radius 3 is 2.30 bits per heavy atom. The summed E-state index contributed by atoms with van der Waals surface area (Å²) in [5.74, 6) is 0.369. The quantitative estimate of drug-likeness (QED) is 0.715. The van der Waals surface area contributed by atoms with Gasteiger partial charge in [0.2, 0.25) is 0 Å². The third-order valence-electron chi connectivity index (χ3n) is 5.31. The van der Waals surface area contributed by atoms with Gasteiger partial charge in [0, 0.05) is 25.0 Å². The lowest BCUT2D eigenvalue weighted by molar-refractivity contribution is 0.0166. The normalized spacial score (nSPS) is 20.9. The number of sulfone groups is 1. The van der Waals surface area contributed by atoms with E-state index in [1.165, 1.54) is 17.0 Å². The maximum Gasteiger partial charge on any atom is 0.414 e. The van der Waals surface area contributed by atoms with Crippen molar-refractivity contribution in [1.29, 1.82) is 0 Å². The standard InChI is InChI=1S/C21H30N2O6S/c1-21(2,3)29-19(24)22-11-9-15(10-12-22)13-17-14-23(20(25)28-17)16-5-7-18(8-6-16)30(4,26)27/h5-8,15,17H,9-14H2,1-4H3. The average molecular weight is 439 g/mol. The van der Waals surface area contributed by atoms with Gasteiger partial charge in [-0.3, -0.25) is 4.90 Å². The van der Waals surface area contributed by atoms with Crippen molar-refractivity contribution in [1.82, 2.24) is 4.90 Å². The summed E-state index contributed by atoms with van der Waals surface area (Å²) in [6, 6.07) is 6.24. The van der Waals surface area contributed by atoms with Crippen molar-refractivity contribution in [3.8, 4) is 0 Å². The first-order chi connectivity index (χ1) is 13.9. The molecular formula is C21H30N2O6S. The summed E-state index contributed by atoms with van der Waals surface area (Å²) in [5.41, 5.74) is 0.115. The van der Waals surface area contributed by atoms with Crippen LogP contribution in [0.25, 0.3) is 0 Å². The molecule has 0 aliphatic carbocycles. The number of carbonyl (C=O) groups is 2. The lowest BCUT2D eigenvalue weighted by Crippen LogP contribution is -2.42. The number of amides is 2. The van der Waals surface area contributed by atoms with Gasteiger partial charge in [-0.15, -0.1) is 0 Å². The molecule has 8 nitrogen and oxygen atoms in total. The van der Waals surface area contributed by atoms with Crippen LogP contribution in [0.5, 0.6) is 0 Å². The Balaban J connectivity index is 1.51. The molecule has 30 heavy (non-hydrogen) atoms. The molecule has 0 bridgehead atoms. The lowest BCUT2D eigenvalue weighted by Gasteiger charge is -2.34. The highest BCUT2D eigenvalue weighted by Crippen LogP contribution is 2.29. The highest BCUT2D eigenvalue weighted by molar-refractivity contribution is 7.90. The highest BCUT2D eigenvalue weighted by Gasteiger charge is 2.35. The average Bonchev–Trinajstić information content (AvgIpc) is 3.00. The predicted molar refractivity (Wildman–Crippen MR) is 112 cm³/mol. The third kappa shape index (κ3) is 5.65. The van der Waals surface area contributed by atoms with Crippen molar-refractivity contribution >= 4 is 27.7 Å². The van der Waals surface area contributed by atoms with Crippen LogP contribution in [-0.4, -0.2) is 63.1 Å². The zero-order chi connectivity index (χ0) is 22.1. The zero-order valence-corrected chi connectivity index (χ0v) is 18.8. The fourth-order valence-corrected chi connectivity index (χ4v) is 4.41. The molecule has 2 saturated heterocycles. The summed E-state index contributed by atoms with van der Waals surface area (Å²) < 4.78 is 34.2. The van der Waals surface area contributed by atoms with Crippen molar-refractivity contribution in [2.24, 2.45) is 5.92 Å². The Kier molecular flexibility index (Phi) is 6.31. The van der Waals surface area contributed by atoms with Crippen molar-refractivity contribution in [2.45, 2.75) is 56.6 Å². The molecule has 0 spiro atoms. The Bertz CT molecular complexity index is 883. The van der Waals surface area contributed by atoms with E-state index in [9.17, 15) is 18.0 Å². The molecule has 1 atom stereocenters. The lowest BCUT2D eigenvalue weighted by atomic mass is 9.91. The second kappa shape index (κ2) is 8.45. The first-order valence-corrected chi connectivity index (χ1v) is 12.1. The molecule has 2 fully saturated rings. The van der Waals surface area contributed by atoms with Gasteiger partial charge in [0.1, 0.15) is 11.7 Å². The predicted octanol–water partition coefficient (Wildman–Crippen LogP) is 3.45. The summed E-state index contributed by atoms with van der Waals surface area (Å²) in [7, 11) is -3.28. The Hall–Kier alpha value is -2.29. The first kappa shape index (κ1) is 22.4. The molecule has 0 aromatic heterocycles. The first-order valence-electron chi connectivity index (χ1n) is 10.2. The van der Waals surface area contributed by atoms with Gasteiger partial charge < -0.3 is 14.4 Å². The van der Waals surface area contributed by atoms with Gasteiger partial charge in [-0.25, -0.2) is 18.0 Å². The van der Waals surface area contributed by atoms with Crippen molar-refractivity contribution in [2.75, 3.05) is 30.8 Å². The number of nitrogens with zero attached hydrogens (tertiary/aromatic N) is 2. The van der Waals surface area contributed by atoms with Crippen molar-refractivity contribution < 1.29 is 27.5 Å². The zero-order valence-electron chi connectivity index (χ0n) is 18.0. The van der Waals surface area contributed by atoms with E-state index in [0.717, 1.165) is 25.5 Å². The molecule has 2 aliphatic heterocycles. The SMILES string of the molecule is CC(C)(C)OC(=O)N1CCC(CC2CN(c3ccc(S(C)(=O)=O)cc3)C(=O)O2)CC1. The summed E-state index contributed by atoms with van der Waals surface area (Å²) in [4.78, 5) is 28.0. The van der Waals surface area contributed by atoms with E-state index in [0.29, 0.717) is 31.2 Å². The number of benzene rings is 1. The Labute approximate surface area is 178 Å². The van der Waals surface area contributed by atoms with Crippen LogP contribution in [0.1, 0.15) is 40.0 Å². The minimum Gasteiger partial charge on any atom is -0.444 e. The minimum absolute atomic E-state index is 0.215. The molecule has 2 heterocycles. The summed E-state index contributed by atoms with van der Waals surface area (Å²) in [6.45, 7) is 7.27. The van der Waals surface area contributed by atoms with E-state index >= 15 is 0 Å². The van der Waals surface area contributed by atoms with E-state index in [2.05, 4.69) is 0 Å². The molecule has 2 amide bonds. The Morgan fingerprint density at radius 1 is 1.17 bits per heavy atom. The van der Waals surface area contributed by atoms with E-state index in [4.69, 9.17) is 9.47 Å². The third-order valence-corrected chi connectivity index (χ3v) is 6.44. The van der Waals surface area contributed by atoms with Crippen LogP contribution in [0.2, 0.25) is 0 Å². The number of carbonyl (C=O) groups excluding carboxylic acids is 2. The fraction of sp³-hybridized carbons (Fsp3) is 0.619. The van der Waals surface area contributed by atoms with Crippen LogP contribution >= 0.6 is 0 Å². The number of piperidine rings is 1. The largest absolute Gasteiger partial charge is 0.444 e. The van der Waals surface area contributed by atoms with Gasteiger partial charge in [-0.2, -0.15) is 0 Å². The van der Waals surface area contributed by atoms with Gasteiger partial charge >= 0.3 is 12.2 Å². The van der Waals surface area contributed by atoms with Crippen LogP contribution < -0.4 is 4.90 Å². The second-order valence-corrected chi connectivity index (χ2v) is 11.0. The number of rotatable bonds is 4.